The van der Waals surface area contributed by atoms with E-state index in [-0.39, 0.29) is 5.91 Å². The fraction of sp³-hybridized carbons (Fsp3) is 0.474. The summed E-state index contributed by atoms with van der Waals surface area (Å²) in [6, 6.07) is 5.19. The molecule has 0 aliphatic heterocycles. The van der Waals surface area contributed by atoms with Gasteiger partial charge in [-0.2, -0.15) is 0 Å². The molecule has 6 heteroatoms. The molecule has 1 aliphatic carbocycles. The van der Waals surface area contributed by atoms with Crippen LogP contribution >= 0.6 is 0 Å². The highest BCUT2D eigenvalue weighted by atomic mass is 16.5. The summed E-state index contributed by atoms with van der Waals surface area (Å²) >= 11 is 0. The van der Waals surface area contributed by atoms with E-state index in [0.29, 0.717) is 29.5 Å². The van der Waals surface area contributed by atoms with E-state index >= 15 is 0 Å². The van der Waals surface area contributed by atoms with Crippen LogP contribution < -0.4 is 14.8 Å². The molecule has 0 radical (unpaired) electrons. The molecule has 1 heterocycles. The van der Waals surface area contributed by atoms with Crippen LogP contribution in [0, 0.1) is 6.92 Å². The van der Waals surface area contributed by atoms with E-state index in [1.807, 2.05) is 6.20 Å². The van der Waals surface area contributed by atoms with Gasteiger partial charge in [-0.25, -0.2) is 4.98 Å². The average Bonchev–Trinajstić information content (AvgIpc) is 2.93. The molecular weight excluding hydrogens is 318 g/mol. The van der Waals surface area contributed by atoms with Crippen molar-refractivity contribution in [3.8, 4) is 11.5 Å². The molecule has 0 atom stereocenters. The smallest absolute Gasteiger partial charge is 0.255 e. The van der Waals surface area contributed by atoms with Crippen molar-refractivity contribution in [1.29, 1.82) is 0 Å². The third-order valence-corrected chi connectivity index (χ3v) is 4.83. The number of nitrogens with one attached hydrogen (secondary N) is 1. The summed E-state index contributed by atoms with van der Waals surface area (Å²) in [5.74, 6) is 2.74. The number of aryl methyl sites for hydroxylation is 1. The quantitative estimate of drug-likeness (QED) is 0.839. The van der Waals surface area contributed by atoms with Crippen molar-refractivity contribution in [2.75, 3.05) is 20.8 Å². The van der Waals surface area contributed by atoms with Crippen LogP contribution in [0.2, 0.25) is 0 Å². The first-order valence-corrected chi connectivity index (χ1v) is 8.66. The van der Waals surface area contributed by atoms with Crippen molar-refractivity contribution in [3.63, 3.8) is 0 Å². The molecule has 0 bridgehead atoms. The number of hydrogen-bond acceptors (Lipinski definition) is 4. The number of methoxy groups -OCH3 is 2. The third kappa shape index (κ3) is 3.62. The molecular formula is C19H25N3O3. The fourth-order valence-corrected chi connectivity index (χ4v) is 3.13. The monoisotopic (exact) mass is 343 g/mol. The SMILES string of the molecule is COc1ccc(C(=O)NCCn2c(C)cnc2C2CCC2)c(OC)c1. The molecule has 1 amide bonds. The van der Waals surface area contributed by atoms with Crippen molar-refractivity contribution in [2.24, 2.45) is 0 Å². The van der Waals surface area contributed by atoms with Gasteiger partial charge in [0.2, 0.25) is 0 Å². The van der Waals surface area contributed by atoms with E-state index in [4.69, 9.17) is 9.47 Å². The average molecular weight is 343 g/mol. The zero-order valence-corrected chi connectivity index (χ0v) is 15.0. The summed E-state index contributed by atoms with van der Waals surface area (Å²) in [7, 11) is 3.13. The van der Waals surface area contributed by atoms with Crippen LogP contribution in [0.5, 0.6) is 11.5 Å². The summed E-state index contributed by atoms with van der Waals surface area (Å²) in [6.07, 6.45) is 5.63. The highest BCUT2D eigenvalue weighted by Gasteiger charge is 2.24. The first-order valence-electron chi connectivity index (χ1n) is 8.66. The minimum atomic E-state index is -0.150. The van der Waals surface area contributed by atoms with Crippen molar-refractivity contribution < 1.29 is 14.3 Å². The van der Waals surface area contributed by atoms with Gasteiger partial charge in [0.15, 0.2) is 0 Å². The number of imidazole rings is 1. The molecule has 25 heavy (non-hydrogen) atoms. The first-order chi connectivity index (χ1) is 12.1. The van der Waals surface area contributed by atoms with Gasteiger partial charge in [0, 0.05) is 37.0 Å². The molecule has 1 aromatic heterocycles. The third-order valence-electron chi connectivity index (χ3n) is 4.83. The predicted molar refractivity (Wildman–Crippen MR) is 95.4 cm³/mol. The second-order valence-corrected chi connectivity index (χ2v) is 6.36. The minimum absolute atomic E-state index is 0.150. The van der Waals surface area contributed by atoms with Crippen LogP contribution in [0.25, 0.3) is 0 Å². The van der Waals surface area contributed by atoms with Gasteiger partial charge in [0.1, 0.15) is 17.3 Å². The molecule has 2 aromatic rings. The molecule has 0 unspecified atom stereocenters. The molecule has 1 fully saturated rings. The highest BCUT2D eigenvalue weighted by Crippen LogP contribution is 2.35. The topological polar surface area (TPSA) is 65.4 Å². The summed E-state index contributed by atoms with van der Waals surface area (Å²) in [5, 5.41) is 2.97. The second kappa shape index (κ2) is 7.59. The Morgan fingerprint density at radius 3 is 2.76 bits per heavy atom. The van der Waals surface area contributed by atoms with Crippen LogP contribution in [0.3, 0.4) is 0 Å². The number of aromatic nitrogens is 2. The Hall–Kier alpha value is -2.50. The molecule has 134 valence electrons. The van der Waals surface area contributed by atoms with Gasteiger partial charge < -0.3 is 19.4 Å². The Morgan fingerprint density at radius 1 is 1.32 bits per heavy atom. The maximum atomic E-state index is 12.5. The van der Waals surface area contributed by atoms with E-state index in [2.05, 4.69) is 21.8 Å². The fourth-order valence-electron chi connectivity index (χ4n) is 3.13. The number of carbonyl (C=O) groups is 1. The number of ether oxygens (including phenoxy) is 2. The summed E-state index contributed by atoms with van der Waals surface area (Å²) in [6.45, 7) is 3.33. The van der Waals surface area contributed by atoms with Crippen molar-refractivity contribution >= 4 is 5.91 Å². The largest absolute Gasteiger partial charge is 0.497 e. The van der Waals surface area contributed by atoms with E-state index in [1.165, 1.54) is 19.3 Å². The Bertz CT molecular complexity index is 750. The maximum Gasteiger partial charge on any atom is 0.255 e. The van der Waals surface area contributed by atoms with Crippen molar-refractivity contribution in [3.05, 3.63) is 41.5 Å². The molecule has 1 aliphatic rings. The van der Waals surface area contributed by atoms with Gasteiger partial charge in [-0.3, -0.25) is 4.79 Å². The van der Waals surface area contributed by atoms with Gasteiger partial charge >= 0.3 is 0 Å². The predicted octanol–water partition coefficient (Wildman–Crippen LogP) is 2.91. The summed E-state index contributed by atoms with van der Waals surface area (Å²) in [5.41, 5.74) is 1.64. The van der Waals surface area contributed by atoms with Gasteiger partial charge in [0.05, 0.1) is 19.8 Å². The number of nitrogens with zero attached hydrogens (tertiary/aromatic N) is 2. The van der Waals surface area contributed by atoms with E-state index in [9.17, 15) is 4.79 Å². The van der Waals surface area contributed by atoms with Crippen LogP contribution in [-0.4, -0.2) is 36.2 Å². The molecule has 1 saturated carbocycles. The van der Waals surface area contributed by atoms with E-state index in [1.54, 1.807) is 32.4 Å². The second-order valence-electron chi connectivity index (χ2n) is 6.36. The van der Waals surface area contributed by atoms with Gasteiger partial charge in [-0.1, -0.05) is 6.42 Å². The zero-order valence-electron chi connectivity index (χ0n) is 15.0. The standard InChI is InChI=1S/C19H25N3O3/c1-13-12-21-18(14-5-4-6-14)22(13)10-9-20-19(23)16-8-7-15(24-2)11-17(16)25-3/h7-8,11-12,14H,4-6,9-10H2,1-3H3,(H,20,23). The number of carbonyl (C=O) groups excluding carboxylic acids is 1. The summed E-state index contributed by atoms with van der Waals surface area (Å²) in [4.78, 5) is 17.0. The lowest BCUT2D eigenvalue weighted by molar-refractivity contribution is 0.0949. The lowest BCUT2D eigenvalue weighted by Crippen LogP contribution is -2.29. The van der Waals surface area contributed by atoms with Crippen LogP contribution in [0.15, 0.2) is 24.4 Å². The van der Waals surface area contributed by atoms with Crippen LogP contribution in [0.1, 0.15) is 47.1 Å². The normalized spacial score (nSPS) is 14.0. The van der Waals surface area contributed by atoms with E-state index in [0.717, 1.165) is 18.1 Å². The number of amides is 1. The molecule has 0 spiro atoms. The van der Waals surface area contributed by atoms with Gasteiger partial charge in [-0.05, 0) is 31.9 Å². The molecule has 1 N–H and O–H groups in total. The minimum Gasteiger partial charge on any atom is -0.497 e. The molecule has 6 nitrogen and oxygen atoms in total. The Morgan fingerprint density at radius 2 is 2.12 bits per heavy atom. The molecule has 1 aromatic carbocycles. The number of benzene rings is 1. The Balaban J connectivity index is 1.63. The van der Waals surface area contributed by atoms with Crippen LogP contribution in [0.4, 0.5) is 0 Å². The van der Waals surface area contributed by atoms with Crippen molar-refractivity contribution in [1.82, 2.24) is 14.9 Å². The number of hydrogen-bond donors (Lipinski definition) is 1. The maximum absolute atomic E-state index is 12.5. The Kier molecular flexibility index (Phi) is 5.26. The molecule has 0 saturated heterocycles. The molecule has 3 rings (SSSR count). The number of rotatable bonds is 7. The zero-order chi connectivity index (χ0) is 17.8. The van der Waals surface area contributed by atoms with Crippen LogP contribution in [-0.2, 0) is 6.54 Å². The lowest BCUT2D eigenvalue weighted by Gasteiger charge is -2.26. The summed E-state index contributed by atoms with van der Waals surface area (Å²) < 4.78 is 12.7. The Labute approximate surface area is 148 Å². The van der Waals surface area contributed by atoms with Crippen molar-refractivity contribution in [2.45, 2.75) is 38.6 Å². The first kappa shape index (κ1) is 17.3. The van der Waals surface area contributed by atoms with Gasteiger partial charge in [-0.15, -0.1) is 0 Å². The van der Waals surface area contributed by atoms with E-state index < -0.39 is 0 Å². The lowest BCUT2D eigenvalue weighted by atomic mass is 9.85. The van der Waals surface area contributed by atoms with Gasteiger partial charge in [0.25, 0.3) is 5.91 Å². The highest BCUT2D eigenvalue weighted by molar-refractivity contribution is 5.97.